The first-order valence-corrected chi connectivity index (χ1v) is 9.93. The van der Waals surface area contributed by atoms with Gasteiger partial charge in [-0.25, -0.2) is 0 Å². The Morgan fingerprint density at radius 3 is 2.77 bits per heavy atom. The van der Waals surface area contributed by atoms with Gasteiger partial charge in [-0.05, 0) is 42.2 Å². The fraction of sp³-hybridized carbons (Fsp3) is 0.368. The van der Waals surface area contributed by atoms with Crippen molar-refractivity contribution < 1.29 is 5.21 Å². The Morgan fingerprint density at radius 2 is 2.12 bits per heavy atom. The van der Waals surface area contributed by atoms with Gasteiger partial charge in [-0.2, -0.15) is 9.83 Å². The molecule has 3 rings (SSSR count). The van der Waals surface area contributed by atoms with E-state index in [4.69, 9.17) is 16.7 Å². The molecule has 3 aromatic rings. The first-order chi connectivity index (χ1) is 12.5. The largest absolute Gasteiger partial charge is 0.427 e. The number of nitrogens with zero attached hydrogens (tertiary/aromatic N) is 4. The lowest BCUT2D eigenvalue weighted by Crippen LogP contribution is -2.18. The van der Waals surface area contributed by atoms with Crippen LogP contribution >= 0.6 is 22.9 Å². The number of hydrogen-bond acceptors (Lipinski definition) is 4. The second-order valence-corrected chi connectivity index (χ2v) is 8.33. The van der Waals surface area contributed by atoms with E-state index in [0.29, 0.717) is 18.0 Å². The van der Waals surface area contributed by atoms with Crippen LogP contribution in [-0.4, -0.2) is 26.3 Å². The highest BCUT2D eigenvalue weighted by Crippen LogP contribution is 2.36. The molecule has 0 radical (unpaired) electrons. The van der Waals surface area contributed by atoms with Crippen molar-refractivity contribution in [2.24, 2.45) is 10.9 Å². The molecular formula is C19H23ClN4OS. The molecule has 3 heterocycles. The molecule has 0 saturated heterocycles. The highest BCUT2D eigenvalue weighted by atomic mass is 35.5. The van der Waals surface area contributed by atoms with Gasteiger partial charge in [0.15, 0.2) is 5.49 Å². The first kappa shape index (κ1) is 18.7. The Hall–Kier alpha value is -2.05. The van der Waals surface area contributed by atoms with Crippen LogP contribution in [0.3, 0.4) is 0 Å². The lowest BCUT2D eigenvalue weighted by molar-refractivity contribution is 0.171. The van der Waals surface area contributed by atoms with Crippen LogP contribution in [0, 0.1) is 5.92 Å². The van der Waals surface area contributed by atoms with Crippen LogP contribution in [0.1, 0.15) is 27.2 Å². The summed E-state index contributed by atoms with van der Waals surface area (Å²) in [6.07, 6.45) is 4.61. The maximum absolute atomic E-state index is 10.0. The van der Waals surface area contributed by atoms with Gasteiger partial charge in [0.25, 0.3) is 0 Å². The molecule has 0 aliphatic heterocycles. The Kier molecular flexibility index (Phi) is 5.84. The SMILES string of the molecule is CCCN=c1cc(-c2cn(CC(C)C)nc2-c2ccc(Cl)s2)ccn1O. The third-order valence-corrected chi connectivity index (χ3v) is 5.08. The average Bonchev–Trinajstić information content (AvgIpc) is 3.20. The van der Waals surface area contributed by atoms with E-state index in [1.807, 2.05) is 28.9 Å². The van der Waals surface area contributed by atoms with Crippen LogP contribution in [0.5, 0.6) is 0 Å². The van der Waals surface area contributed by atoms with Gasteiger partial charge in [0.05, 0.1) is 9.21 Å². The number of thiophene rings is 1. The Balaban J connectivity index is 2.13. The van der Waals surface area contributed by atoms with Crippen molar-refractivity contribution in [1.82, 2.24) is 14.5 Å². The molecule has 7 heteroatoms. The van der Waals surface area contributed by atoms with Crippen molar-refractivity contribution in [3.05, 3.63) is 46.5 Å². The summed E-state index contributed by atoms with van der Waals surface area (Å²) in [7, 11) is 0. The van der Waals surface area contributed by atoms with Crippen molar-refractivity contribution in [2.45, 2.75) is 33.7 Å². The predicted molar refractivity (Wildman–Crippen MR) is 107 cm³/mol. The van der Waals surface area contributed by atoms with E-state index in [0.717, 1.165) is 43.7 Å². The molecule has 0 spiro atoms. The zero-order chi connectivity index (χ0) is 18.7. The minimum absolute atomic E-state index is 0.494. The van der Waals surface area contributed by atoms with Gasteiger partial charge < -0.3 is 5.21 Å². The lowest BCUT2D eigenvalue weighted by atomic mass is 10.1. The number of rotatable bonds is 6. The van der Waals surface area contributed by atoms with Crippen LogP contribution in [0.25, 0.3) is 21.7 Å². The Labute approximate surface area is 162 Å². The van der Waals surface area contributed by atoms with E-state index in [1.54, 1.807) is 6.20 Å². The fourth-order valence-electron chi connectivity index (χ4n) is 2.72. The van der Waals surface area contributed by atoms with E-state index in [9.17, 15) is 5.21 Å². The molecule has 0 unspecified atom stereocenters. The summed E-state index contributed by atoms with van der Waals surface area (Å²) in [5.74, 6) is 0.494. The zero-order valence-electron chi connectivity index (χ0n) is 15.2. The number of hydrogen-bond donors (Lipinski definition) is 1. The molecule has 138 valence electrons. The smallest absolute Gasteiger partial charge is 0.163 e. The van der Waals surface area contributed by atoms with Crippen molar-refractivity contribution in [3.8, 4) is 21.7 Å². The van der Waals surface area contributed by atoms with Crippen LogP contribution in [-0.2, 0) is 6.54 Å². The summed E-state index contributed by atoms with van der Waals surface area (Å²) in [6.45, 7) is 7.91. The van der Waals surface area contributed by atoms with Gasteiger partial charge in [-0.3, -0.25) is 9.67 Å². The quantitative estimate of drug-likeness (QED) is 0.606. The van der Waals surface area contributed by atoms with Crippen molar-refractivity contribution in [1.29, 1.82) is 0 Å². The summed E-state index contributed by atoms with van der Waals surface area (Å²) >= 11 is 7.65. The summed E-state index contributed by atoms with van der Waals surface area (Å²) in [6, 6.07) is 7.66. The van der Waals surface area contributed by atoms with E-state index in [2.05, 4.69) is 32.0 Å². The van der Waals surface area contributed by atoms with E-state index >= 15 is 0 Å². The monoisotopic (exact) mass is 390 g/mol. The van der Waals surface area contributed by atoms with Crippen LogP contribution in [0.2, 0.25) is 4.34 Å². The number of halogens is 1. The highest BCUT2D eigenvalue weighted by molar-refractivity contribution is 7.19. The second kappa shape index (κ2) is 8.10. The maximum atomic E-state index is 10.0. The molecule has 26 heavy (non-hydrogen) atoms. The number of pyridine rings is 1. The van der Waals surface area contributed by atoms with Gasteiger partial charge in [0.2, 0.25) is 0 Å². The topological polar surface area (TPSA) is 55.3 Å². The average molecular weight is 391 g/mol. The molecule has 0 aliphatic carbocycles. The Morgan fingerprint density at radius 1 is 1.31 bits per heavy atom. The van der Waals surface area contributed by atoms with Crippen LogP contribution < -0.4 is 5.49 Å². The minimum Gasteiger partial charge on any atom is -0.427 e. The van der Waals surface area contributed by atoms with Gasteiger partial charge in [-0.15, -0.1) is 11.3 Å². The van der Waals surface area contributed by atoms with Crippen molar-refractivity contribution >= 4 is 22.9 Å². The van der Waals surface area contributed by atoms with E-state index in [-0.39, 0.29) is 0 Å². The molecule has 1 N–H and O–H groups in total. The summed E-state index contributed by atoms with van der Waals surface area (Å²) in [4.78, 5) is 5.47. The van der Waals surface area contributed by atoms with Crippen LogP contribution in [0.15, 0.2) is 41.7 Å². The normalized spacial score (nSPS) is 12.3. The molecule has 0 fully saturated rings. The molecule has 5 nitrogen and oxygen atoms in total. The van der Waals surface area contributed by atoms with Gasteiger partial charge in [-0.1, -0.05) is 32.4 Å². The van der Waals surface area contributed by atoms with E-state index in [1.165, 1.54) is 11.3 Å². The maximum Gasteiger partial charge on any atom is 0.163 e. The summed E-state index contributed by atoms with van der Waals surface area (Å²) in [5.41, 5.74) is 3.42. The van der Waals surface area contributed by atoms with Gasteiger partial charge in [0, 0.05) is 31.0 Å². The van der Waals surface area contributed by atoms with Crippen molar-refractivity contribution in [3.63, 3.8) is 0 Å². The molecule has 0 aliphatic rings. The van der Waals surface area contributed by atoms with Gasteiger partial charge >= 0.3 is 0 Å². The van der Waals surface area contributed by atoms with Gasteiger partial charge in [0.1, 0.15) is 5.69 Å². The van der Waals surface area contributed by atoms with Crippen molar-refractivity contribution in [2.75, 3.05) is 6.54 Å². The fourth-order valence-corrected chi connectivity index (χ4v) is 3.76. The number of aromatic nitrogens is 3. The predicted octanol–water partition coefficient (Wildman–Crippen LogP) is 4.94. The molecule has 0 aromatic carbocycles. The second-order valence-electron chi connectivity index (χ2n) is 6.61. The highest BCUT2D eigenvalue weighted by Gasteiger charge is 2.16. The summed E-state index contributed by atoms with van der Waals surface area (Å²) in [5, 5.41) is 14.8. The third kappa shape index (κ3) is 4.19. The third-order valence-electron chi connectivity index (χ3n) is 3.84. The van der Waals surface area contributed by atoms with E-state index < -0.39 is 0 Å². The molecule has 0 bridgehead atoms. The lowest BCUT2D eigenvalue weighted by Gasteiger charge is -2.04. The summed E-state index contributed by atoms with van der Waals surface area (Å²) < 4.78 is 3.77. The zero-order valence-corrected chi connectivity index (χ0v) is 16.8. The standard InChI is InChI=1S/C19H23ClN4OS/c1-4-8-21-18-10-14(7-9-24(18)25)15-12-23(11-13(2)3)22-19(15)16-5-6-17(20)26-16/h5-7,9-10,12-13,25H,4,8,11H2,1-3H3. The molecular weight excluding hydrogens is 368 g/mol. The van der Waals surface area contributed by atoms with Crippen LogP contribution in [0.4, 0.5) is 0 Å². The molecule has 0 saturated carbocycles. The molecule has 0 amide bonds. The molecule has 3 aromatic heterocycles. The Bertz CT molecular complexity index is 955. The first-order valence-electron chi connectivity index (χ1n) is 8.74. The molecule has 0 atom stereocenters. The minimum atomic E-state index is 0.494.